The highest BCUT2D eigenvalue weighted by Crippen LogP contribution is 2.23. The maximum atomic E-state index is 13.1. The molecule has 1 atom stereocenters. The first-order valence-electron chi connectivity index (χ1n) is 9.63. The number of aromatic nitrogens is 2. The molecule has 8 heteroatoms. The first kappa shape index (κ1) is 22.9. The number of piperazine rings is 1. The highest BCUT2D eigenvalue weighted by molar-refractivity contribution is 5.98. The van der Waals surface area contributed by atoms with Crippen molar-refractivity contribution in [1.82, 2.24) is 25.1 Å². The minimum Gasteiger partial charge on any atom is -0.352 e. The second-order valence-electron chi connectivity index (χ2n) is 8.44. The molecule has 1 aliphatic heterocycles. The van der Waals surface area contributed by atoms with Crippen LogP contribution in [0.3, 0.4) is 0 Å². The Labute approximate surface area is 178 Å². The number of hydrogen-bond acceptors (Lipinski definition) is 4. The van der Waals surface area contributed by atoms with E-state index in [1.54, 1.807) is 30.5 Å². The zero-order valence-corrected chi connectivity index (χ0v) is 18.3. The van der Waals surface area contributed by atoms with Gasteiger partial charge in [-0.1, -0.05) is 20.8 Å². The zero-order valence-electron chi connectivity index (χ0n) is 17.4. The lowest BCUT2D eigenvalue weighted by Crippen LogP contribution is -2.49. The van der Waals surface area contributed by atoms with Gasteiger partial charge in [-0.2, -0.15) is 0 Å². The van der Waals surface area contributed by atoms with Crippen molar-refractivity contribution in [3.8, 4) is 0 Å². The van der Waals surface area contributed by atoms with E-state index in [1.165, 1.54) is 0 Å². The van der Waals surface area contributed by atoms with Crippen LogP contribution < -0.4 is 10.6 Å². The topological polar surface area (TPSA) is 79.3 Å². The summed E-state index contributed by atoms with van der Waals surface area (Å²) in [7, 11) is 1.94. The van der Waals surface area contributed by atoms with Gasteiger partial charge in [0.1, 0.15) is 11.9 Å². The van der Waals surface area contributed by atoms with Crippen molar-refractivity contribution >= 4 is 24.2 Å². The van der Waals surface area contributed by atoms with E-state index in [1.807, 2.05) is 22.7 Å². The molecule has 29 heavy (non-hydrogen) atoms. The highest BCUT2D eigenvalue weighted by Gasteiger charge is 2.31. The van der Waals surface area contributed by atoms with Crippen LogP contribution in [0, 0.1) is 5.41 Å². The van der Waals surface area contributed by atoms with E-state index in [2.05, 4.69) is 36.4 Å². The number of amides is 2. The number of nitrogens with one attached hydrogen (secondary N) is 2. The lowest BCUT2D eigenvalue weighted by molar-refractivity contribution is 0.0620. The molecular weight excluding hydrogens is 390 g/mol. The minimum atomic E-state index is -0.123. The average molecular weight is 420 g/mol. The quantitative estimate of drug-likeness (QED) is 0.797. The number of carbonyl (C=O) groups excluding carboxylic acids is 2. The number of aryl methyl sites for hydroxylation is 1. The summed E-state index contributed by atoms with van der Waals surface area (Å²) in [5.41, 5.74) is 1.16. The number of imidazole rings is 1. The third-order valence-electron chi connectivity index (χ3n) is 4.83. The number of halogens is 1. The zero-order chi connectivity index (χ0) is 20.3. The van der Waals surface area contributed by atoms with E-state index in [-0.39, 0.29) is 35.7 Å². The molecular formula is C21H30ClN5O2. The average Bonchev–Trinajstić information content (AvgIpc) is 3.11. The number of benzene rings is 1. The van der Waals surface area contributed by atoms with Gasteiger partial charge >= 0.3 is 0 Å². The smallest absolute Gasteiger partial charge is 0.254 e. The predicted molar refractivity (Wildman–Crippen MR) is 115 cm³/mol. The fraction of sp³-hybridized carbons (Fsp3) is 0.476. The fourth-order valence-electron chi connectivity index (χ4n) is 3.25. The Kier molecular flexibility index (Phi) is 7.43. The van der Waals surface area contributed by atoms with Crippen molar-refractivity contribution in [3.05, 3.63) is 53.6 Å². The number of rotatable bonds is 4. The van der Waals surface area contributed by atoms with E-state index in [4.69, 9.17) is 0 Å². The number of hydrogen-bond donors (Lipinski definition) is 2. The van der Waals surface area contributed by atoms with Crippen molar-refractivity contribution in [2.45, 2.75) is 26.8 Å². The second kappa shape index (κ2) is 9.41. The Morgan fingerprint density at radius 2 is 1.86 bits per heavy atom. The summed E-state index contributed by atoms with van der Waals surface area (Å²) >= 11 is 0. The van der Waals surface area contributed by atoms with Crippen LogP contribution in [0.2, 0.25) is 0 Å². The monoisotopic (exact) mass is 419 g/mol. The van der Waals surface area contributed by atoms with Crippen LogP contribution in [-0.4, -0.2) is 52.4 Å². The first-order chi connectivity index (χ1) is 13.3. The van der Waals surface area contributed by atoms with Gasteiger partial charge in [0.2, 0.25) is 0 Å². The van der Waals surface area contributed by atoms with Crippen LogP contribution in [0.4, 0.5) is 0 Å². The molecule has 0 bridgehead atoms. The van der Waals surface area contributed by atoms with Crippen LogP contribution in [0.25, 0.3) is 0 Å². The molecule has 1 aromatic heterocycles. The molecule has 2 heterocycles. The third kappa shape index (κ3) is 5.58. The van der Waals surface area contributed by atoms with Gasteiger partial charge in [-0.3, -0.25) is 9.59 Å². The van der Waals surface area contributed by atoms with Gasteiger partial charge in [0, 0.05) is 56.7 Å². The summed E-state index contributed by atoms with van der Waals surface area (Å²) < 4.78 is 1.95. The predicted octanol–water partition coefficient (Wildman–Crippen LogP) is 2.40. The van der Waals surface area contributed by atoms with Gasteiger partial charge in [-0.25, -0.2) is 4.98 Å². The van der Waals surface area contributed by atoms with E-state index < -0.39 is 0 Å². The molecule has 0 spiro atoms. The van der Waals surface area contributed by atoms with Crippen LogP contribution in [0.15, 0.2) is 36.7 Å². The number of carbonyl (C=O) groups is 2. The van der Waals surface area contributed by atoms with Crippen molar-refractivity contribution in [2.75, 3.05) is 26.2 Å². The molecule has 158 valence electrons. The Morgan fingerprint density at radius 3 is 2.45 bits per heavy atom. The van der Waals surface area contributed by atoms with Crippen molar-refractivity contribution in [3.63, 3.8) is 0 Å². The fourth-order valence-corrected chi connectivity index (χ4v) is 3.25. The Balaban J connectivity index is 0.00000300. The van der Waals surface area contributed by atoms with Crippen molar-refractivity contribution < 1.29 is 9.59 Å². The van der Waals surface area contributed by atoms with E-state index in [9.17, 15) is 9.59 Å². The summed E-state index contributed by atoms with van der Waals surface area (Å²) in [5.74, 6) is 0.692. The second-order valence-corrected chi connectivity index (χ2v) is 8.44. The van der Waals surface area contributed by atoms with Crippen LogP contribution in [-0.2, 0) is 7.05 Å². The molecule has 2 N–H and O–H groups in total. The molecule has 1 saturated heterocycles. The van der Waals surface area contributed by atoms with Gasteiger partial charge < -0.3 is 20.1 Å². The van der Waals surface area contributed by atoms with E-state index in [0.717, 1.165) is 12.4 Å². The van der Waals surface area contributed by atoms with Gasteiger partial charge in [-0.15, -0.1) is 12.4 Å². The van der Waals surface area contributed by atoms with Gasteiger partial charge in [0.05, 0.1) is 0 Å². The SMILES string of the molecule is Cl.Cn1ccnc1C1CNCCN1C(=O)c1ccc(C(=O)NCC(C)(C)C)cc1. The Bertz CT molecular complexity index is 842. The molecule has 0 saturated carbocycles. The van der Waals surface area contributed by atoms with Crippen molar-refractivity contribution in [1.29, 1.82) is 0 Å². The van der Waals surface area contributed by atoms with Gasteiger partial charge in [0.15, 0.2) is 0 Å². The standard InChI is InChI=1S/C21H29N5O2.ClH/c1-21(2,3)14-24-19(27)15-5-7-16(8-6-15)20(28)26-12-9-22-13-17(26)18-23-10-11-25(18)4;/h5-8,10-11,17,22H,9,12-14H2,1-4H3,(H,24,27);1H. The minimum absolute atomic E-state index is 0. The molecule has 2 aromatic rings. The summed E-state index contributed by atoms with van der Waals surface area (Å²) in [6, 6.07) is 6.76. The molecule has 0 radical (unpaired) electrons. The summed E-state index contributed by atoms with van der Waals surface area (Å²) in [5, 5.41) is 6.27. The summed E-state index contributed by atoms with van der Waals surface area (Å²) in [4.78, 5) is 31.7. The first-order valence-corrected chi connectivity index (χ1v) is 9.63. The van der Waals surface area contributed by atoms with E-state index in [0.29, 0.717) is 30.8 Å². The molecule has 1 aliphatic rings. The lowest BCUT2D eigenvalue weighted by atomic mass is 9.97. The third-order valence-corrected chi connectivity index (χ3v) is 4.83. The van der Waals surface area contributed by atoms with Crippen LogP contribution >= 0.6 is 12.4 Å². The van der Waals surface area contributed by atoms with E-state index >= 15 is 0 Å². The normalized spacial score (nSPS) is 16.8. The van der Waals surface area contributed by atoms with Gasteiger partial charge in [-0.05, 0) is 29.7 Å². The molecule has 1 aromatic carbocycles. The lowest BCUT2D eigenvalue weighted by Gasteiger charge is -2.35. The molecule has 3 rings (SSSR count). The largest absolute Gasteiger partial charge is 0.352 e. The van der Waals surface area contributed by atoms with Crippen molar-refractivity contribution in [2.24, 2.45) is 12.5 Å². The Hall–Kier alpha value is -2.38. The Morgan fingerprint density at radius 1 is 1.21 bits per heavy atom. The molecule has 1 unspecified atom stereocenters. The summed E-state index contributed by atoms with van der Waals surface area (Å²) in [6.45, 7) is 8.84. The van der Waals surface area contributed by atoms with Crippen LogP contribution in [0.1, 0.15) is 53.4 Å². The summed E-state index contributed by atoms with van der Waals surface area (Å²) in [6.07, 6.45) is 3.63. The maximum absolute atomic E-state index is 13.1. The van der Waals surface area contributed by atoms with Gasteiger partial charge in [0.25, 0.3) is 11.8 Å². The molecule has 0 aliphatic carbocycles. The van der Waals surface area contributed by atoms with Crippen LogP contribution in [0.5, 0.6) is 0 Å². The molecule has 2 amide bonds. The molecule has 7 nitrogen and oxygen atoms in total. The highest BCUT2D eigenvalue weighted by atomic mass is 35.5. The maximum Gasteiger partial charge on any atom is 0.254 e. The molecule has 1 fully saturated rings. The number of nitrogens with zero attached hydrogens (tertiary/aromatic N) is 3.